The van der Waals surface area contributed by atoms with E-state index < -0.39 is 7.32 Å². The van der Waals surface area contributed by atoms with Crippen LogP contribution in [0.2, 0.25) is 0 Å². The summed E-state index contributed by atoms with van der Waals surface area (Å²) in [6.45, 7) is 3.38. The van der Waals surface area contributed by atoms with Crippen LogP contribution >= 0.6 is 0 Å². The number of rotatable bonds is 6. The maximum Gasteiger partial charge on any atom is 0.707 e. The SMILES string of the molecule is COc1ccc2cc(OB(O)O)cc(CC(C)NC(C)=O)c2c1. The summed E-state index contributed by atoms with van der Waals surface area (Å²) in [5.74, 6) is 0.974. The molecule has 0 heterocycles. The highest BCUT2D eigenvalue weighted by molar-refractivity contribution is 6.33. The lowest BCUT2D eigenvalue weighted by Crippen LogP contribution is -2.32. The van der Waals surface area contributed by atoms with Crippen molar-refractivity contribution in [3.05, 3.63) is 35.9 Å². The molecule has 0 saturated heterocycles. The molecule has 2 aromatic rings. The molecule has 0 bridgehead atoms. The lowest BCUT2D eigenvalue weighted by Gasteiger charge is -2.16. The van der Waals surface area contributed by atoms with Crippen molar-refractivity contribution >= 4 is 24.0 Å². The molecule has 2 rings (SSSR count). The molecule has 0 aliphatic carbocycles. The highest BCUT2D eigenvalue weighted by atomic mass is 16.6. The van der Waals surface area contributed by atoms with E-state index in [1.54, 1.807) is 19.2 Å². The van der Waals surface area contributed by atoms with Crippen LogP contribution in [0.1, 0.15) is 19.4 Å². The van der Waals surface area contributed by atoms with E-state index >= 15 is 0 Å². The van der Waals surface area contributed by atoms with Crippen LogP contribution in [-0.2, 0) is 11.2 Å². The van der Waals surface area contributed by atoms with Crippen LogP contribution in [-0.4, -0.2) is 36.4 Å². The molecule has 0 saturated carbocycles. The highest BCUT2D eigenvalue weighted by Gasteiger charge is 2.15. The van der Waals surface area contributed by atoms with Crippen LogP contribution in [0.15, 0.2) is 30.3 Å². The molecule has 0 aromatic heterocycles. The number of benzene rings is 2. The number of fused-ring (bicyclic) bond motifs is 1. The van der Waals surface area contributed by atoms with Gasteiger partial charge in [0.05, 0.1) is 7.11 Å². The number of ether oxygens (including phenoxy) is 1. The van der Waals surface area contributed by atoms with Gasteiger partial charge in [0.2, 0.25) is 5.91 Å². The molecule has 2 aromatic carbocycles. The summed E-state index contributed by atoms with van der Waals surface area (Å²) < 4.78 is 10.2. The molecule has 1 unspecified atom stereocenters. The number of nitrogens with one attached hydrogen (secondary N) is 1. The Morgan fingerprint density at radius 3 is 2.61 bits per heavy atom. The van der Waals surface area contributed by atoms with E-state index in [1.165, 1.54) is 6.92 Å². The number of amides is 1. The molecule has 0 aliphatic rings. The number of methoxy groups -OCH3 is 1. The van der Waals surface area contributed by atoms with Crippen molar-refractivity contribution in [1.82, 2.24) is 5.32 Å². The summed E-state index contributed by atoms with van der Waals surface area (Å²) in [6, 6.07) is 8.99. The Morgan fingerprint density at radius 2 is 2.00 bits per heavy atom. The zero-order valence-corrected chi connectivity index (χ0v) is 13.4. The van der Waals surface area contributed by atoms with Crippen LogP contribution in [0.3, 0.4) is 0 Å². The Morgan fingerprint density at radius 1 is 1.26 bits per heavy atom. The van der Waals surface area contributed by atoms with Gasteiger partial charge in [-0.3, -0.25) is 4.79 Å². The van der Waals surface area contributed by atoms with E-state index in [0.717, 1.165) is 22.1 Å². The Hall–Kier alpha value is -2.25. The van der Waals surface area contributed by atoms with Gasteiger partial charge in [-0.2, -0.15) is 0 Å². The molecule has 0 fully saturated rings. The van der Waals surface area contributed by atoms with Crippen molar-refractivity contribution < 1.29 is 24.2 Å². The average Bonchev–Trinajstić information content (AvgIpc) is 2.45. The zero-order valence-electron chi connectivity index (χ0n) is 13.4. The van der Waals surface area contributed by atoms with Crippen molar-refractivity contribution in [1.29, 1.82) is 0 Å². The number of carbonyl (C=O) groups excluding carboxylic acids is 1. The maximum atomic E-state index is 11.2. The molecular weight excluding hydrogens is 297 g/mol. The first-order valence-electron chi connectivity index (χ1n) is 7.29. The van der Waals surface area contributed by atoms with Crippen LogP contribution in [0.25, 0.3) is 10.8 Å². The van der Waals surface area contributed by atoms with Crippen molar-refractivity contribution in [2.45, 2.75) is 26.3 Å². The maximum absolute atomic E-state index is 11.2. The van der Waals surface area contributed by atoms with Gasteiger partial charge in [-0.15, -0.1) is 0 Å². The second-order valence-corrected chi connectivity index (χ2v) is 5.42. The van der Waals surface area contributed by atoms with Gasteiger partial charge in [0.1, 0.15) is 11.5 Å². The monoisotopic (exact) mass is 317 g/mol. The van der Waals surface area contributed by atoms with Crippen molar-refractivity contribution in [3.8, 4) is 11.5 Å². The molecule has 0 aliphatic heterocycles. The fraction of sp³-hybridized carbons (Fsp3) is 0.312. The minimum Gasteiger partial charge on any atom is -0.512 e. The van der Waals surface area contributed by atoms with Gasteiger partial charge in [0, 0.05) is 13.0 Å². The normalized spacial score (nSPS) is 11.9. The second kappa shape index (κ2) is 7.35. The third-order valence-electron chi connectivity index (χ3n) is 3.44. The zero-order chi connectivity index (χ0) is 17.0. The number of hydrogen-bond acceptors (Lipinski definition) is 5. The average molecular weight is 317 g/mol. The largest absolute Gasteiger partial charge is 0.707 e. The smallest absolute Gasteiger partial charge is 0.512 e. The quantitative estimate of drug-likeness (QED) is 0.698. The van der Waals surface area contributed by atoms with E-state index in [-0.39, 0.29) is 11.9 Å². The lowest BCUT2D eigenvalue weighted by atomic mass is 9.98. The third kappa shape index (κ3) is 4.61. The van der Waals surface area contributed by atoms with Crippen LogP contribution < -0.4 is 14.7 Å². The molecular formula is C16H20BNO5. The molecule has 0 radical (unpaired) electrons. The number of carbonyl (C=O) groups is 1. The van der Waals surface area contributed by atoms with Crippen LogP contribution in [0, 0.1) is 0 Å². The van der Waals surface area contributed by atoms with Gasteiger partial charge >= 0.3 is 7.32 Å². The van der Waals surface area contributed by atoms with Gasteiger partial charge in [-0.1, -0.05) is 6.07 Å². The summed E-state index contributed by atoms with van der Waals surface area (Å²) in [5, 5.41) is 22.7. The van der Waals surface area contributed by atoms with Crippen molar-refractivity contribution in [2.75, 3.05) is 7.11 Å². The van der Waals surface area contributed by atoms with E-state index in [4.69, 9.17) is 19.4 Å². The van der Waals surface area contributed by atoms with Gasteiger partial charge < -0.3 is 24.8 Å². The fourth-order valence-corrected chi connectivity index (χ4v) is 2.60. The van der Waals surface area contributed by atoms with Gasteiger partial charge in [0.15, 0.2) is 0 Å². The summed E-state index contributed by atoms with van der Waals surface area (Å²) in [6.07, 6.45) is 0.571. The minimum atomic E-state index is -1.88. The molecule has 23 heavy (non-hydrogen) atoms. The first kappa shape index (κ1) is 17.1. The van der Waals surface area contributed by atoms with Gasteiger partial charge in [-0.25, -0.2) is 0 Å². The Kier molecular flexibility index (Phi) is 5.47. The Balaban J connectivity index is 2.45. The third-order valence-corrected chi connectivity index (χ3v) is 3.44. The topological polar surface area (TPSA) is 88.0 Å². The second-order valence-electron chi connectivity index (χ2n) is 5.42. The summed E-state index contributed by atoms with van der Waals surface area (Å²) in [7, 11) is -0.285. The molecule has 0 spiro atoms. The predicted octanol–water partition coefficient (Wildman–Crippen LogP) is 1.26. The summed E-state index contributed by atoms with van der Waals surface area (Å²) in [4.78, 5) is 11.2. The first-order valence-corrected chi connectivity index (χ1v) is 7.29. The molecule has 7 heteroatoms. The number of hydrogen-bond donors (Lipinski definition) is 3. The highest BCUT2D eigenvalue weighted by Crippen LogP contribution is 2.29. The first-order chi connectivity index (χ1) is 10.9. The van der Waals surface area contributed by atoms with E-state index in [2.05, 4.69) is 5.32 Å². The Bertz CT molecular complexity index is 704. The lowest BCUT2D eigenvalue weighted by molar-refractivity contribution is -0.119. The molecule has 6 nitrogen and oxygen atoms in total. The molecule has 1 atom stereocenters. The minimum absolute atomic E-state index is 0.0730. The van der Waals surface area contributed by atoms with Gasteiger partial charge in [-0.05, 0) is 53.9 Å². The van der Waals surface area contributed by atoms with Crippen LogP contribution in [0.4, 0.5) is 0 Å². The molecule has 3 N–H and O–H groups in total. The van der Waals surface area contributed by atoms with E-state index in [1.807, 2.05) is 25.1 Å². The van der Waals surface area contributed by atoms with E-state index in [9.17, 15) is 4.79 Å². The molecule has 122 valence electrons. The summed E-state index contributed by atoms with van der Waals surface area (Å²) in [5.41, 5.74) is 0.915. The van der Waals surface area contributed by atoms with Crippen molar-refractivity contribution in [3.63, 3.8) is 0 Å². The standard InChI is InChI=1S/C16H20BNO5/c1-10(18-11(2)19)6-13-8-15(23-17(20)21)7-12-4-5-14(22-3)9-16(12)13/h4-5,7-10,20-21H,6H2,1-3H3,(H,18,19). The summed E-state index contributed by atoms with van der Waals surface area (Å²) >= 11 is 0. The van der Waals surface area contributed by atoms with Gasteiger partial charge in [0.25, 0.3) is 0 Å². The molecule has 1 amide bonds. The Labute approximate surface area is 135 Å². The van der Waals surface area contributed by atoms with Crippen molar-refractivity contribution in [2.24, 2.45) is 0 Å². The fourth-order valence-electron chi connectivity index (χ4n) is 2.60. The van der Waals surface area contributed by atoms with Crippen LogP contribution in [0.5, 0.6) is 11.5 Å². The van der Waals surface area contributed by atoms with E-state index in [0.29, 0.717) is 12.2 Å². The predicted molar refractivity (Wildman–Crippen MR) is 88.3 cm³/mol.